The van der Waals surface area contributed by atoms with Crippen LogP contribution in [0.5, 0.6) is 5.75 Å². The van der Waals surface area contributed by atoms with Gasteiger partial charge in [0, 0.05) is 12.4 Å². The maximum absolute atomic E-state index is 13.2. The molecule has 0 bridgehead atoms. The molecule has 1 N–H and O–H groups in total. The molecule has 2 heterocycles. The topological polar surface area (TPSA) is 91.0 Å². The molecule has 0 aliphatic heterocycles. The average molecular weight is 478 g/mol. The molecule has 0 spiro atoms. The number of rotatable bonds is 7. The molecule has 0 aliphatic rings. The lowest BCUT2D eigenvalue weighted by Crippen LogP contribution is -2.37. The molecular weight excluding hydrogens is 457 g/mol. The van der Waals surface area contributed by atoms with Gasteiger partial charge in [0.2, 0.25) is 10.0 Å². The maximum Gasteiger partial charge on any atom is 0.244 e. The van der Waals surface area contributed by atoms with E-state index in [1.54, 1.807) is 56.0 Å². The van der Waals surface area contributed by atoms with E-state index in [0.717, 1.165) is 10.9 Å². The number of aryl methyl sites for hydroxylation is 1. The molecule has 11 heteroatoms. The highest BCUT2D eigenvalue weighted by atomic mass is 35.5. The van der Waals surface area contributed by atoms with E-state index in [2.05, 4.69) is 14.9 Å². The van der Waals surface area contributed by atoms with Gasteiger partial charge in [0.15, 0.2) is 0 Å². The van der Waals surface area contributed by atoms with Crippen molar-refractivity contribution < 1.29 is 17.5 Å². The molecule has 32 heavy (non-hydrogen) atoms. The smallest absolute Gasteiger partial charge is 0.244 e. The quantitative estimate of drug-likeness (QED) is 0.439. The predicted molar refractivity (Wildman–Crippen MR) is 119 cm³/mol. The van der Waals surface area contributed by atoms with Crippen LogP contribution in [-0.4, -0.2) is 40.6 Å². The van der Waals surface area contributed by atoms with Crippen LogP contribution in [0, 0.1) is 12.7 Å². The molecule has 168 valence electrons. The van der Waals surface area contributed by atoms with Crippen LogP contribution in [0.2, 0.25) is 5.02 Å². The normalized spacial score (nSPS) is 12.9. The summed E-state index contributed by atoms with van der Waals surface area (Å²) in [6.45, 7) is 3.45. The second kappa shape index (κ2) is 8.53. The molecule has 0 saturated heterocycles. The van der Waals surface area contributed by atoms with Crippen LogP contribution in [0.25, 0.3) is 16.6 Å². The summed E-state index contributed by atoms with van der Waals surface area (Å²) in [4.78, 5) is 0.125. The molecule has 8 nitrogen and oxygen atoms in total. The summed E-state index contributed by atoms with van der Waals surface area (Å²) in [7, 11) is -2.06. The van der Waals surface area contributed by atoms with Gasteiger partial charge in [-0.2, -0.15) is 10.2 Å². The number of hydrogen-bond acceptors (Lipinski definition) is 5. The van der Waals surface area contributed by atoms with E-state index >= 15 is 0 Å². The maximum atomic E-state index is 13.2. The molecule has 4 rings (SSSR count). The van der Waals surface area contributed by atoms with Gasteiger partial charge in [0.05, 0.1) is 40.4 Å². The van der Waals surface area contributed by atoms with Gasteiger partial charge in [0.25, 0.3) is 0 Å². The lowest BCUT2D eigenvalue weighted by atomic mass is 10.2. The standard InChI is InChI=1S/C21H21ClFN5O3S/c1-13(26-32(29,30)21-11-24-27(3)14(21)2)12-31-20-8-15-10-25-28(19(15)9-18(20)22)17-6-4-16(23)5-7-17/h4-11,13,26H,12H2,1-3H3. The molecule has 0 radical (unpaired) electrons. The summed E-state index contributed by atoms with van der Waals surface area (Å²) in [5.41, 5.74) is 1.96. The number of nitrogens with one attached hydrogen (secondary N) is 1. The van der Waals surface area contributed by atoms with E-state index in [9.17, 15) is 12.8 Å². The van der Waals surface area contributed by atoms with Crippen molar-refractivity contribution in [2.45, 2.75) is 24.8 Å². The van der Waals surface area contributed by atoms with Crippen LogP contribution < -0.4 is 9.46 Å². The molecule has 0 amide bonds. The Hall–Kier alpha value is -2.95. The van der Waals surface area contributed by atoms with E-state index in [1.807, 2.05) is 0 Å². The van der Waals surface area contributed by atoms with Gasteiger partial charge in [-0.3, -0.25) is 4.68 Å². The first-order chi connectivity index (χ1) is 15.2. The first kappa shape index (κ1) is 22.3. The van der Waals surface area contributed by atoms with E-state index in [0.29, 0.717) is 22.2 Å². The summed E-state index contributed by atoms with van der Waals surface area (Å²) < 4.78 is 50.0. The van der Waals surface area contributed by atoms with Crippen molar-refractivity contribution in [2.24, 2.45) is 7.05 Å². The van der Waals surface area contributed by atoms with Crippen molar-refractivity contribution in [1.29, 1.82) is 0 Å². The van der Waals surface area contributed by atoms with Gasteiger partial charge in [-0.25, -0.2) is 22.2 Å². The average Bonchev–Trinajstić information content (AvgIpc) is 3.30. The van der Waals surface area contributed by atoms with E-state index in [4.69, 9.17) is 16.3 Å². The Morgan fingerprint density at radius 3 is 2.56 bits per heavy atom. The van der Waals surface area contributed by atoms with Crippen molar-refractivity contribution in [3.8, 4) is 11.4 Å². The zero-order valence-electron chi connectivity index (χ0n) is 17.6. The van der Waals surface area contributed by atoms with Gasteiger partial charge in [0.1, 0.15) is 23.1 Å². The van der Waals surface area contributed by atoms with Crippen LogP contribution in [0.15, 0.2) is 53.7 Å². The fourth-order valence-corrected chi connectivity index (χ4v) is 4.89. The van der Waals surface area contributed by atoms with Crippen molar-refractivity contribution >= 4 is 32.5 Å². The molecule has 0 aliphatic carbocycles. The number of hydrogen-bond donors (Lipinski definition) is 1. The number of ether oxygens (including phenoxy) is 1. The third kappa shape index (κ3) is 4.34. The molecule has 2 aromatic heterocycles. The number of benzene rings is 2. The molecule has 0 saturated carbocycles. The number of nitrogens with zero attached hydrogens (tertiary/aromatic N) is 4. The largest absolute Gasteiger partial charge is 0.490 e. The molecular formula is C21H21ClFN5O3S. The fourth-order valence-electron chi connectivity index (χ4n) is 3.25. The Labute approximate surface area is 189 Å². The molecule has 0 fully saturated rings. The number of aromatic nitrogens is 4. The first-order valence-electron chi connectivity index (χ1n) is 9.72. The Bertz CT molecular complexity index is 1380. The number of fused-ring (bicyclic) bond motifs is 1. The first-order valence-corrected chi connectivity index (χ1v) is 11.6. The number of halogens is 2. The molecule has 2 aromatic carbocycles. The van der Waals surface area contributed by atoms with Gasteiger partial charge in [-0.05, 0) is 50.2 Å². The van der Waals surface area contributed by atoms with Crippen LogP contribution in [0.1, 0.15) is 12.6 Å². The highest BCUT2D eigenvalue weighted by Gasteiger charge is 2.22. The van der Waals surface area contributed by atoms with Gasteiger partial charge in [-0.15, -0.1) is 0 Å². The third-order valence-electron chi connectivity index (χ3n) is 5.02. The van der Waals surface area contributed by atoms with Crippen LogP contribution in [0.3, 0.4) is 0 Å². The minimum Gasteiger partial charge on any atom is -0.490 e. The summed E-state index contributed by atoms with van der Waals surface area (Å²) in [5, 5.41) is 9.44. The summed E-state index contributed by atoms with van der Waals surface area (Å²) >= 11 is 6.40. The van der Waals surface area contributed by atoms with Crippen molar-refractivity contribution in [3.05, 3.63) is 65.3 Å². The third-order valence-corrected chi connectivity index (χ3v) is 7.01. The predicted octanol–water partition coefficient (Wildman–Crippen LogP) is 3.61. The van der Waals surface area contributed by atoms with Crippen molar-refractivity contribution in [3.63, 3.8) is 0 Å². The molecule has 1 atom stereocenters. The minimum atomic E-state index is -3.74. The van der Waals surface area contributed by atoms with Crippen LogP contribution in [0.4, 0.5) is 4.39 Å². The number of sulfonamides is 1. The highest BCUT2D eigenvalue weighted by Crippen LogP contribution is 2.31. The van der Waals surface area contributed by atoms with E-state index in [-0.39, 0.29) is 17.3 Å². The van der Waals surface area contributed by atoms with E-state index in [1.165, 1.54) is 23.0 Å². The lowest BCUT2D eigenvalue weighted by molar-refractivity contribution is 0.288. The van der Waals surface area contributed by atoms with E-state index < -0.39 is 16.1 Å². The second-order valence-corrected chi connectivity index (χ2v) is 9.52. The van der Waals surface area contributed by atoms with Crippen LogP contribution >= 0.6 is 11.6 Å². The Balaban J connectivity index is 1.49. The Morgan fingerprint density at radius 2 is 1.91 bits per heavy atom. The summed E-state index contributed by atoms with van der Waals surface area (Å²) in [6.07, 6.45) is 2.97. The van der Waals surface area contributed by atoms with Gasteiger partial charge in [-0.1, -0.05) is 11.6 Å². The Morgan fingerprint density at radius 1 is 1.19 bits per heavy atom. The van der Waals surface area contributed by atoms with Crippen molar-refractivity contribution in [1.82, 2.24) is 24.3 Å². The zero-order valence-corrected chi connectivity index (χ0v) is 19.2. The monoisotopic (exact) mass is 477 g/mol. The van der Waals surface area contributed by atoms with Crippen molar-refractivity contribution in [2.75, 3.05) is 6.61 Å². The minimum absolute atomic E-state index is 0.0653. The van der Waals surface area contributed by atoms with Crippen LogP contribution in [-0.2, 0) is 17.1 Å². The summed E-state index contributed by atoms with van der Waals surface area (Å²) in [5.74, 6) is 0.0730. The Kier molecular flexibility index (Phi) is 5.93. The molecule has 1 unspecified atom stereocenters. The fraction of sp³-hybridized carbons (Fsp3) is 0.238. The second-order valence-electron chi connectivity index (χ2n) is 7.43. The zero-order chi connectivity index (χ0) is 23.0. The van der Waals surface area contributed by atoms with Gasteiger partial charge >= 0.3 is 0 Å². The highest BCUT2D eigenvalue weighted by molar-refractivity contribution is 7.89. The SMILES string of the molecule is Cc1c(S(=O)(=O)NC(C)COc2cc3cnn(-c4ccc(F)cc4)c3cc2Cl)cnn1C. The molecule has 4 aromatic rings. The summed E-state index contributed by atoms with van der Waals surface area (Å²) in [6, 6.07) is 8.88. The lowest BCUT2D eigenvalue weighted by Gasteiger charge is -2.16. The van der Waals surface area contributed by atoms with Gasteiger partial charge < -0.3 is 4.74 Å².